The lowest BCUT2D eigenvalue weighted by Gasteiger charge is -2.45. The molecule has 8 heteroatoms. The van der Waals surface area contributed by atoms with Gasteiger partial charge in [0.25, 0.3) is 0 Å². The number of hydrogen-bond acceptors (Lipinski definition) is 6. The minimum absolute atomic E-state index is 0.0378. The van der Waals surface area contributed by atoms with E-state index >= 15 is 0 Å². The molecular formula is C19H32N2O6. The van der Waals surface area contributed by atoms with Gasteiger partial charge in [-0.1, -0.05) is 0 Å². The smallest absolute Gasteiger partial charge is 0.226 e. The van der Waals surface area contributed by atoms with Gasteiger partial charge in [-0.25, -0.2) is 0 Å². The first-order valence-electron chi connectivity index (χ1n) is 9.95. The Morgan fingerprint density at radius 1 is 1.07 bits per heavy atom. The fraction of sp³-hybridized carbons (Fsp3) is 0.895. The van der Waals surface area contributed by atoms with Crippen molar-refractivity contribution in [3.8, 4) is 0 Å². The normalized spacial score (nSPS) is 32.9. The number of carbonyl (C=O) groups excluding carboxylic acids is 2. The molecule has 0 aromatic carbocycles. The number of β-amino-alcohol motifs (C(OH)–C–C–N with tert-alkyl or cyclic N) is 1. The van der Waals surface area contributed by atoms with Crippen molar-refractivity contribution in [3.05, 3.63) is 0 Å². The Hall–Kier alpha value is -1.22. The van der Waals surface area contributed by atoms with Gasteiger partial charge in [0, 0.05) is 39.8 Å². The molecule has 0 saturated carbocycles. The lowest BCUT2D eigenvalue weighted by molar-refractivity contribution is -0.174. The molecule has 3 fully saturated rings. The molecule has 3 heterocycles. The maximum absolute atomic E-state index is 13.2. The predicted molar refractivity (Wildman–Crippen MR) is 97.1 cm³/mol. The second kappa shape index (κ2) is 9.32. The third kappa shape index (κ3) is 5.19. The first kappa shape index (κ1) is 20.5. The highest BCUT2D eigenvalue weighted by molar-refractivity contribution is 5.79. The molecule has 1 N–H and O–H groups in total. The molecule has 0 radical (unpaired) electrons. The summed E-state index contributed by atoms with van der Waals surface area (Å²) in [5, 5.41) is 10.2. The van der Waals surface area contributed by atoms with Gasteiger partial charge >= 0.3 is 0 Å². The molecule has 0 aromatic rings. The summed E-state index contributed by atoms with van der Waals surface area (Å²) in [4.78, 5) is 28.6. The van der Waals surface area contributed by atoms with Crippen LogP contribution in [0, 0.1) is 5.92 Å². The van der Waals surface area contributed by atoms with Crippen LogP contribution in [0.4, 0.5) is 0 Å². The third-order valence-electron chi connectivity index (χ3n) is 5.74. The Morgan fingerprint density at radius 2 is 1.81 bits per heavy atom. The van der Waals surface area contributed by atoms with Gasteiger partial charge in [0.05, 0.1) is 37.9 Å². The van der Waals surface area contributed by atoms with Gasteiger partial charge in [0.2, 0.25) is 11.8 Å². The van der Waals surface area contributed by atoms with E-state index in [0.29, 0.717) is 32.7 Å². The molecule has 0 aromatic heterocycles. The number of fused-ring (bicyclic) bond motifs is 1. The highest BCUT2D eigenvalue weighted by Crippen LogP contribution is 2.30. The van der Waals surface area contributed by atoms with Crippen LogP contribution >= 0.6 is 0 Å². The molecule has 8 nitrogen and oxygen atoms in total. The summed E-state index contributed by atoms with van der Waals surface area (Å²) in [6, 6.07) is -0.124. The highest BCUT2D eigenvalue weighted by Gasteiger charge is 2.41. The Morgan fingerprint density at radius 3 is 2.52 bits per heavy atom. The fourth-order valence-electron chi connectivity index (χ4n) is 4.15. The van der Waals surface area contributed by atoms with E-state index in [0.717, 1.165) is 19.3 Å². The van der Waals surface area contributed by atoms with Crippen molar-refractivity contribution in [1.29, 1.82) is 0 Å². The largest absolute Gasteiger partial charge is 0.389 e. The maximum atomic E-state index is 13.2. The zero-order valence-corrected chi connectivity index (χ0v) is 16.3. The van der Waals surface area contributed by atoms with Crippen molar-refractivity contribution in [2.75, 3.05) is 47.1 Å². The van der Waals surface area contributed by atoms with Gasteiger partial charge in [-0.3, -0.25) is 9.59 Å². The van der Waals surface area contributed by atoms with Crippen LogP contribution < -0.4 is 0 Å². The SMILES string of the molecule is CN(C)C(=O)C[C@@H]1CC[C@@H]2[C@H](COC[C@H](O)CN2C(=O)C2CCOCC2)O1. The molecule has 3 aliphatic heterocycles. The van der Waals surface area contributed by atoms with Crippen LogP contribution in [0.15, 0.2) is 0 Å². The third-order valence-corrected chi connectivity index (χ3v) is 5.74. The van der Waals surface area contributed by atoms with Crippen LogP contribution in [0.3, 0.4) is 0 Å². The van der Waals surface area contributed by atoms with Crippen molar-refractivity contribution >= 4 is 11.8 Å². The van der Waals surface area contributed by atoms with Crippen molar-refractivity contribution < 1.29 is 28.9 Å². The van der Waals surface area contributed by atoms with E-state index in [2.05, 4.69) is 0 Å². The minimum atomic E-state index is -0.692. The van der Waals surface area contributed by atoms with Gasteiger partial charge in [-0.2, -0.15) is 0 Å². The van der Waals surface area contributed by atoms with Crippen molar-refractivity contribution in [3.63, 3.8) is 0 Å². The van der Waals surface area contributed by atoms with Crippen LogP contribution in [0.2, 0.25) is 0 Å². The average molecular weight is 384 g/mol. The van der Waals surface area contributed by atoms with Crippen LogP contribution in [0.1, 0.15) is 32.1 Å². The average Bonchev–Trinajstić information content (AvgIpc) is 2.65. The lowest BCUT2D eigenvalue weighted by atomic mass is 9.91. The monoisotopic (exact) mass is 384 g/mol. The maximum Gasteiger partial charge on any atom is 0.226 e. The summed E-state index contributed by atoms with van der Waals surface area (Å²) >= 11 is 0. The number of carbonyl (C=O) groups is 2. The number of aliphatic hydroxyl groups is 1. The first-order valence-corrected chi connectivity index (χ1v) is 9.95. The van der Waals surface area contributed by atoms with E-state index < -0.39 is 6.10 Å². The van der Waals surface area contributed by atoms with Crippen molar-refractivity contribution in [1.82, 2.24) is 9.80 Å². The van der Waals surface area contributed by atoms with Gasteiger partial charge < -0.3 is 29.1 Å². The molecule has 154 valence electrons. The van der Waals surface area contributed by atoms with E-state index in [1.807, 2.05) is 4.90 Å². The molecule has 0 spiro atoms. The quantitative estimate of drug-likeness (QED) is 0.738. The van der Waals surface area contributed by atoms with Crippen LogP contribution in [0.5, 0.6) is 0 Å². The van der Waals surface area contributed by atoms with Crippen molar-refractivity contribution in [2.24, 2.45) is 5.92 Å². The predicted octanol–water partition coefficient (Wildman–Crippen LogP) is 0.0272. The van der Waals surface area contributed by atoms with E-state index in [9.17, 15) is 14.7 Å². The topological polar surface area (TPSA) is 88.5 Å². The molecule has 2 amide bonds. The standard InChI is InChI=1S/C19H32N2O6/c1-20(2)18(23)9-15-3-4-16-17(27-15)12-26-11-14(22)10-21(16)19(24)13-5-7-25-8-6-13/h13-17,22H,3-12H2,1-2H3/t14-,15+,16-,17+/m1/s1. The number of hydrogen-bond donors (Lipinski definition) is 1. The Balaban J connectivity index is 1.69. The van der Waals surface area contributed by atoms with Gasteiger partial charge in [-0.15, -0.1) is 0 Å². The summed E-state index contributed by atoms with van der Waals surface area (Å²) in [5.41, 5.74) is 0. The molecule has 3 saturated heterocycles. The van der Waals surface area contributed by atoms with E-state index in [1.54, 1.807) is 19.0 Å². The number of aliphatic hydroxyl groups excluding tert-OH is 1. The zero-order valence-electron chi connectivity index (χ0n) is 16.3. The van der Waals surface area contributed by atoms with Gasteiger partial charge in [-0.05, 0) is 25.7 Å². The van der Waals surface area contributed by atoms with Gasteiger partial charge in [0.15, 0.2) is 0 Å². The molecule has 0 unspecified atom stereocenters. The van der Waals surface area contributed by atoms with E-state index in [-0.39, 0.29) is 49.1 Å². The van der Waals surface area contributed by atoms with Gasteiger partial charge in [0.1, 0.15) is 6.10 Å². The number of rotatable bonds is 3. The minimum Gasteiger partial charge on any atom is -0.389 e. The number of amides is 2. The summed E-state index contributed by atoms with van der Waals surface area (Å²) in [7, 11) is 3.48. The zero-order chi connectivity index (χ0) is 19.4. The molecule has 0 bridgehead atoms. The van der Waals surface area contributed by atoms with E-state index in [4.69, 9.17) is 14.2 Å². The summed E-state index contributed by atoms with van der Waals surface area (Å²) < 4.78 is 17.2. The van der Waals surface area contributed by atoms with Crippen molar-refractivity contribution in [2.45, 2.75) is 56.5 Å². The number of ether oxygens (including phenoxy) is 3. The summed E-state index contributed by atoms with van der Waals surface area (Å²) in [6.07, 6.45) is 2.13. The fourth-order valence-corrected chi connectivity index (χ4v) is 4.15. The molecule has 3 rings (SSSR count). The lowest BCUT2D eigenvalue weighted by Crippen LogP contribution is -2.58. The second-order valence-corrected chi connectivity index (χ2v) is 8.00. The molecule has 0 aliphatic carbocycles. The summed E-state index contributed by atoms with van der Waals surface area (Å²) in [5.74, 6) is 0.0661. The Labute approximate surface area is 160 Å². The number of nitrogens with zero attached hydrogens (tertiary/aromatic N) is 2. The second-order valence-electron chi connectivity index (χ2n) is 8.00. The van der Waals surface area contributed by atoms with Crippen LogP contribution in [-0.4, -0.2) is 98.1 Å². The molecule has 4 atom stereocenters. The Kier molecular flexibility index (Phi) is 7.08. The van der Waals surface area contributed by atoms with Crippen LogP contribution in [0.25, 0.3) is 0 Å². The molecule has 3 aliphatic rings. The van der Waals surface area contributed by atoms with Crippen LogP contribution in [-0.2, 0) is 23.8 Å². The highest BCUT2D eigenvalue weighted by atomic mass is 16.5. The molecule has 27 heavy (non-hydrogen) atoms. The summed E-state index contributed by atoms with van der Waals surface area (Å²) in [6.45, 7) is 1.99. The Bertz CT molecular complexity index is 522. The molecular weight excluding hydrogens is 352 g/mol. The van der Waals surface area contributed by atoms with E-state index in [1.165, 1.54) is 0 Å². The first-order chi connectivity index (χ1) is 13.0.